The van der Waals surface area contributed by atoms with Gasteiger partial charge in [0.05, 0.1) is 24.3 Å². The molecule has 0 amide bonds. The number of ketones is 1. The van der Waals surface area contributed by atoms with Crippen LogP contribution in [-0.2, 0) is 11.8 Å². The summed E-state index contributed by atoms with van der Waals surface area (Å²) < 4.78 is 6.62. The molecule has 132 valence electrons. The fraction of sp³-hybridized carbons (Fsp3) is 0.421. The summed E-state index contributed by atoms with van der Waals surface area (Å²) in [6.45, 7) is 6.42. The molecule has 0 radical (unpaired) electrons. The van der Waals surface area contributed by atoms with Crippen LogP contribution in [0, 0.1) is 5.41 Å². The summed E-state index contributed by atoms with van der Waals surface area (Å²) in [5.41, 5.74) is 1.95. The molecule has 2 heterocycles. The number of aliphatic imine (C=N–C) groups is 1. The molecule has 0 spiro atoms. The molecule has 25 heavy (non-hydrogen) atoms. The largest absolute Gasteiger partial charge is 0.465 e. The highest BCUT2D eigenvalue weighted by atomic mass is 32.2. The standard InChI is InChI=1S/C19H22N2O3S/c1-19(2,3)15-10-25-17(20-15)16(22)13-9-21(4)14-8-11(18(23)24-5)6-7-12(13)14/h6-9,15H,10H2,1-5H3. The van der Waals surface area contributed by atoms with Crippen molar-refractivity contribution < 1.29 is 14.3 Å². The van der Waals surface area contributed by atoms with Gasteiger partial charge in [0.15, 0.2) is 0 Å². The number of esters is 1. The molecule has 1 aliphatic rings. The quantitative estimate of drug-likeness (QED) is 0.620. The predicted octanol–water partition coefficient (Wildman–Crippen LogP) is 3.71. The lowest BCUT2D eigenvalue weighted by Gasteiger charge is -2.23. The Morgan fingerprint density at radius 1 is 1.32 bits per heavy atom. The Kier molecular flexibility index (Phi) is 4.49. The second-order valence-electron chi connectivity index (χ2n) is 7.33. The van der Waals surface area contributed by atoms with Gasteiger partial charge in [0.2, 0.25) is 5.78 Å². The lowest BCUT2D eigenvalue weighted by atomic mass is 9.88. The maximum atomic E-state index is 13.0. The molecule has 0 fully saturated rings. The van der Waals surface area contributed by atoms with Gasteiger partial charge >= 0.3 is 5.97 Å². The van der Waals surface area contributed by atoms with Gasteiger partial charge in [0.1, 0.15) is 5.04 Å². The summed E-state index contributed by atoms with van der Waals surface area (Å²) in [5.74, 6) is 0.398. The smallest absolute Gasteiger partial charge is 0.337 e. The fourth-order valence-corrected chi connectivity index (χ4v) is 4.20. The maximum Gasteiger partial charge on any atom is 0.337 e. The Balaban J connectivity index is 1.99. The van der Waals surface area contributed by atoms with Gasteiger partial charge in [-0.1, -0.05) is 26.8 Å². The molecule has 2 aromatic rings. The van der Waals surface area contributed by atoms with E-state index in [1.54, 1.807) is 18.2 Å². The Hall–Kier alpha value is -2.08. The minimum atomic E-state index is -0.389. The summed E-state index contributed by atoms with van der Waals surface area (Å²) in [5, 5.41) is 1.40. The molecule has 1 aromatic heterocycles. The highest BCUT2D eigenvalue weighted by Crippen LogP contribution is 2.33. The van der Waals surface area contributed by atoms with Crippen LogP contribution < -0.4 is 0 Å². The van der Waals surface area contributed by atoms with E-state index in [1.165, 1.54) is 18.9 Å². The zero-order valence-corrected chi connectivity index (χ0v) is 15.9. The minimum Gasteiger partial charge on any atom is -0.465 e. The number of carbonyl (C=O) groups excluding carboxylic acids is 2. The molecule has 0 N–H and O–H groups in total. The van der Waals surface area contributed by atoms with Crippen LogP contribution in [0.5, 0.6) is 0 Å². The van der Waals surface area contributed by atoms with E-state index in [4.69, 9.17) is 4.74 Å². The zero-order chi connectivity index (χ0) is 18.4. The average molecular weight is 358 g/mol. The number of carbonyl (C=O) groups is 2. The molecular weight excluding hydrogens is 336 g/mol. The van der Waals surface area contributed by atoms with E-state index in [-0.39, 0.29) is 23.2 Å². The number of rotatable bonds is 3. The van der Waals surface area contributed by atoms with Crippen molar-refractivity contribution in [3.8, 4) is 0 Å². The Bertz CT molecular complexity index is 890. The van der Waals surface area contributed by atoms with Gasteiger partial charge in [-0.15, -0.1) is 11.8 Å². The minimum absolute atomic E-state index is 0.0448. The van der Waals surface area contributed by atoms with Crippen molar-refractivity contribution in [3.63, 3.8) is 0 Å². The molecule has 1 atom stereocenters. The second kappa shape index (κ2) is 6.33. The summed E-state index contributed by atoms with van der Waals surface area (Å²) in [7, 11) is 3.22. The van der Waals surface area contributed by atoms with Crippen molar-refractivity contribution in [3.05, 3.63) is 35.5 Å². The van der Waals surface area contributed by atoms with Crippen molar-refractivity contribution in [1.29, 1.82) is 0 Å². The molecule has 1 unspecified atom stereocenters. The first-order valence-corrected chi connectivity index (χ1v) is 9.13. The Morgan fingerprint density at radius 2 is 2.04 bits per heavy atom. The highest BCUT2D eigenvalue weighted by Gasteiger charge is 2.32. The number of hydrogen-bond donors (Lipinski definition) is 0. The number of methoxy groups -OCH3 is 1. The van der Waals surface area contributed by atoms with Gasteiger partial charge in [-0.05, 0) is 17.5 Å². The van der Waals surface area contributed by atoms with E-state index < -0.39 is 0 Å². The molecule has 1 aliphatic heterocycles. The second-order valence-corrected chi connectivity index (χ2v) is 8.34. The number of Topliss-reactive ketones (excluding diaryl/α,β-unsaturated/α-hetero) is 1. The lowest BCUT2D eigenvalue weighted by molar-refractivity contribution is 0.0601. The summed E-state index contributed by atoms with van der Waals surface area (Å²) in [6.07, 6.45) is 1.81. The average Bonchev–Trinajstić information content (AvgIpc) is 3.18. The molecule has 6 heteroatoms. The van der Waals surface area contributed by atoms with Gasteiger partial charge in [0.25, 0.3) is 0 Å². The molecule has 5 nitrogen and oxygen atoms in total. The van der Waals surface area contributed by atoms with Gasteiger partial charge in [-0.2, -0.15) is 0 Å². The monoisotopic (exact) mass is 358 g/mol. The third-order valence-corrected chi connectivity index (χ3v) is 5.55. The molecule has 3 rings (SSSR count). The van der Waals surface area contributed by atoms with E-state index in [0.717, 1.165) is 16.7 Å². The highest BCUT2D eigenvalue weighted by molar-refractivity contribution is 8.16. The number of aromatic nitrogens is 1. The van der Waals surface area contributed by atoms with Gasteiger partial charge in [0, 0.05) is 29.9 Å². The maximum absolute atomic E-state index is 13.0. The molecule has 0 bridgehead atoms. The zero-order valence-electron chi connectivity index (χ0n) is 15.1. The number of thioether (sulfide) groups is 1. The molecule has 0 saturated carbocycles. The predicted molar refractivity (Wildman–Crippen MR) is 102 cm³/mol. The van der Waals surface area contributed by atoms with Crippen molar-refractivity contribution in [2.75, 3.05) is 12.9 Å². The molecule has 0 aliphatic carbocycles. The normalized spacial score (nSPS) is 17.6. The molecule has 1 aromatic carbocycles. The number of benzene rings is 1. The van der Waals surface area contributed by atoms with Crippen molar-refractivity contribution in [1.82, 2.24) is 4.57 Å². The lowest BCUT2D eigenvalue weighted by Crippen LogP contribution is -2.24. The molecule has 0 saturated heterocycles. The first-order chi connectivity index (χ1) is 11.7. The van der Waals surface area contributed by atoms with Crippen molar-refractivity contribution in [2.24, 2.45) is 17.5 Å². The van der Waals surface area contributed by atoms with Crippen molar-refractivity contribution in [2.45, 2.75) is 26.8 Å². The van der Waals surface area contributed by atoms with Crippen LogP contribution in [0.3, 0.4) is 0 Å². The van der Waals surface area contributed by atoms with Crippen LogP contribution in [0.2, 0.25) is 0 Å². The van der Waals surface area contributed by atoms with E-state index in [0.29, 0.717) is 16.2 Å². The topological polar surface area (TPSA) is 60.7 Å². The van der Waals surface area contributed by atoms with Crippen LogP contribution in [0.1, 0.15) is 41.5 Å². The number of aryl methyl sites for hydroxylation is 1. The third-order valence-electron chi connectivity index (χ3n) is 4.50. The summed E-state index contributed by atoms with van der Waals surface area (Å²) >= 11 is 1.53. The summed E-state index contributed by atoms with van der Waals surface area (Å²) in [6, 6.07) is 5.39. The van der Waals surface area contributed by atoms with Crippen LogP contribution in [0.25, 0.3) is 10.9 Å². The van der Waals surface area contributed by atoms with Gasteiger partial charge in [-0.3, -0.25) is 9.79 Å². The SMILES string of the molecule is COC(=O)c1ccc2c(C(=O)C3=NC(C(C)(C)C)CS3)cn(C)c2c1. The molecular formula is C19H22N2O3S. The first kappa shape index (κ1) is 17.7. The van der Waals surface area contributed by atoms with Gasteiger partial charge in [-0.25, -0.2) is 4.79 Å². The van der Waals surface area contributed by atoms with Crippen LogP contribution in [0.15, 0.2) is 29.4 Å². The van der Waals surface area contributed by atoms with Crippen LogP contribution in [0.4, 0.5) is 0 Å². The third kappa shape index (κ3) is 3.23. The van der Waals surface area contributed by atoms with E-state index >= 15 is 0 Å². The van der Waals surface area contributed by atoms with E-state index in [1.807, 2.05) is 17.8 Å². The van der Waals surface area contributed by atoms with Crippen LogP contribution >= 0.6 is 11.8 Å². The van der Waals surface area contributed by atoms with E-state index in [9.17, 15) is 9.59 Å². The number of fused-ring (bicyclic) bond motifs is 1. The summed E-state index contributed by atoms with van der Waals surface area (Å²) in [4.78, 5) is 29.4. The fourth-order valence-electron chi connectivity index (χ4n) is 2.87. The Labute approximate surface area is 151 Å². The number of hydrogen-bond acceptors (Lipinski definition) is 5. The first-order valence-electron chi connectivity index (χ1n) is 8.15. The van der Waals surface area contributed by atoms with E-state index in [2.05, 4.69) is 25.8 Å². The number of nitrogens with zero attached hydrogens (tertiary/aromatic N) is 2. The van der Waals surface area contributed by atoms with Gasteiger partial charge < -0.3 is 9.30 Å². The Morgan fingerprint density at radius 3 is 2.64 bits per heavy atom. The van der Waals surface area contributed by atoms with Crippen LogP contribution in [-0.4, -0.2) is 40.3 Å². The number of ether oxygens (including phenoxy) is 1. The van der Waals surface area contributed by atoms with Crippen molar-refractivity contribution >= 4 is 39.5 Å².